The third kappa shape index (κ3) is 6.34. The summed E-state index contributed by atoms with van der Waals surface area (Å²) in [6.07, 6.45) is 1.19. The van der Waals surface area contributed by atoms with Crippen molar-refractivity contribution in [2.75, 3.05) is 48.2 Å². The van der Waals surface area contributed by atoms with Crippen molar-refractivity contribution < 1.29 is 17.9 Å². The van der Waals surface area contributed by atoms with Gasteiger partial charge in [-0.2, -0.15) is 0 Å². The number of rotatable bonds is 6. The topological polar surface area (TPSA) is 105 Å². The molecule has 1 aliphatic rings. The molecule has 1 N–H and O–H groups in total. The van der Waals surface area contributed by atoms with Crippen LogP contribution in [0.25, 0.3) is 11.4 Å². The number of ether oxygens (including phenoxy) is 1. The van der Waals surface area contributed by atoms with Gasteiger partial charge in [-0.05, 0) is 43.3 Å². The molecule has 1 fully saturated rings. The van der Waals surface area contributed by atoms with Crippen molar-refractivity contribution in [3.8, 4) is 11.4 Å². The molecule has 3 aromatic rings. The number of nitrogens with zero attached hydrogens (tertiary/aromatic N) is 4. The molecule has 0 bridgehead atoms. The number of amides is 2. The third-order valence-electron chi connectivity index (χ3n) is 5.68. The summed E-state index contributed by atoms with van der Waals surface area (Å²) in [6.45, 7) is 3.86. The van der Waals surface area contributed by atoms with Crippen molar-refractivity contribution in [3.63, 3.8) is 0 Å². The minimum Gasteiger partial charge on any atom is -0.377 e. The molecule has 2 heterocycles. The third-order valence-corrected chi connectivity index (χ3v) is 6.50. The Hall–Kier alpha value is -3.50. The van der Waals surface area contributed by atoms with E-state index in [1.807, 2.05) is 61.5 Å². The van der Waals surface area contributed by atoms with Crippen LogP contribution >= 0.6 is 0 Å². The number of aromatic nitrogens is 2. The zero-order chi connectivity index (χ0) is 25.0. The summed E-state index contributed by atoms with van der Waals surface area (Å²) in [5.41, 5.74) is 2.57. The van der Waals surface area contributed by atoms with Crippen LogP contribution in [0.1, 0.15) is 12.6 Å². The zero-order valence-corrected chi connectivity index (χ0v) is 20.8. The van der Waals surface area contributed by atoms with E-state index in [-0.39, 0.29) is 17.8 Å². The Kier molecular flexibility index (Phi) is 7.32. The van der Waals surface area contributed by atoms with Gasteiger partial charge in [0, 0.05) is 42.9 Å². The number of hydrogen-bond donors (Lipinski definition) is 1. The van der Waals surface area contributed by atoms with Crippen LogP contribution in [0.15, 0.2) is 60.7 Å². The number of benzene rings is 2. The highest BCUT2D eigenvalue weighted by Gasteiger charge is 2.22. The fraction of sp³-hybridized carbons (Fsp3) is 0.320. The molecule has 0 saturated carbocycles. The standard InChI is InChI=1S/C25H29N5O4S/c1-18-16-34-14-13-30(18)23-15-21(17-35(3,32)33)26-24(28-23)19-9-11-22(12-10-19)29(2)25(31)27-20-7-5-4-6-8-20/h4-12,15,18H,13-14,16-17H2,1-3H3,(H,27,31)/t18-/m0/s1. The summed E-state index contributed by atoms with van der Waals surface area (Å²) in [4.78, 5) is 25.5. The SMILES string of the molecule is C[C@H]1COCCN1c1cc(CS(C)(=O)=O)nc(-c2ccc(N(C)C(=O)Nc3ccccc3)cc2)n1. The molecule has 10 heteroatoms. The van der Waals surface area contributed by atoms with E-state index in [0.29, 0.717) is 48.5 Å². The van der Waals surface area contributed by atoms with E-state index in [4.69, 9.17) is 9.72 Å². The van der Waals surface area contributed by atoms with Gasteiger partial charge in [0.1, 0.15) is 5.82 Å². The highest BCUT2D eigenvalue weighted by atomic mass is 32.2. The largest absolute Gasteiger partial charge is 0.377 e. The molecule has 0 aliphatic carbocycles. The predicted molar refractivity (Wildman–Crippen MR) is 138 cm³/mol. The molecule has 1 aromatic heterocycles. The lowest BCUT2D eigenvalue weighted by Crippen LogP contribution is -2.44. The van der Waals surface area contributed by atoms with Gasteiger partial charge in [0.25, 0.3) is 0 Å². The van der Waals surface area contributed by atoms with Crippen LogP contribution in [0.2, 0.25) is 0 Å². The number of anilines is 3. The average molecular weight is 496 g/mol. The van der Waals surface area contributed by atoms with E-state index >= 15 is 0 Å². The van der Waals surface area contributed by atoms with Gasteiger partial charge in [0.05, 0.1) is 30.7 Å². The fourth-order valence-corrected chi connectivity index (χ4v) is 4.53. The molecular weight excluding hydrogens is 466 g/mol. The average Bonchev–Trinajstić information content (AvgIpc) is 2.83. The highest BCUT2D eigenvalue weighted by Crippen LogP contribution is 2.26. The Morgan fingerprint density at radius 2 is 1.86 bits per heavy atom. The minimum atomic E-state index is -3.28. The number of carbonyl (C=O) groups is 1. The molecule has 0 radical (unpaired) electrons. The first-order chi connectivity index (χ1) is 16.7. The van der Waals surface area contributed by atoms with Gasteiger partial charge in [-0.15, -0.1) is 0 Å². The second kappa shape index (κ2) is 10.4. The van der Waals surface area contributed by atoms with Crippen LogP contribution in [-0.4, -0.2) is 63.5 Å². The van der Waals surface area contributed by atoms with Gasteiger partial charge >= 0.3 is 6.03 Å². The van der Waals surface area contributed by atoms with Gasteiger partial charge in [0.15, 0.2) is 15.7 Å². The maximum Gasteiger partial charge on any atom is 0.326 e. The van der Waals surface area contributed by atoms with E-state index in [0.717, 1.165) is 5.56 Å². The van der Waals surface area contributed by atoms with Crippen molar-refractivity contribution in [1.82, 2.24) is 9.97 Å². The Labute approximate surface area is 205 Å². The van der Waals surface area contributed by atoms with Crippen LogP contribution in [0.3, 0.4) is 0 Å². The predicted octanol–water partition coefficient (Wildman–Crippen LogP) is 3.58. The number of hydrogen-bond acceptors (Lipinski definition) is 7. The van der Waals surface area contributed by atoms with Gasteiger partial charge < -0.3 is 15.0 Å². The molecule has 2 aromatic carbocycles. The first-order valence-corrected chi connectivity index (χ1v) is 13.4. The molecule has 2 amide bonds. The summed E-state index contributed by atoms with van der Waals surface area (Å²) in [6, 6.07) is 18.1. The maximum absolute atomic E-state index is 12.6. The van der Waals surface area contributed by atoms with E-state index in [2.05, 4.69) is 15.2 Å². The summed E-state index contributed by atoms with van der Waals surface area (Å²) in [5, 5.41) is 2.85. The van der Waals surface area contributed by atoms with E-state index < -0.39 is 9.84 Å². The zero-order valence-electron chi connectivity index (χ0n) is 20.0. The fourth-order valence-electron chi connectivity index (χ4n) is 3.85. The Balaban J connectivity index is 1.60. The number of para-hydroxylation sites is 1. The summed E-state index contributed by atoms with van der Waals surface area (Å²) < 4.78 is 29.5. The summed E-state index contributed by atoms with van der Waals surface area (Å²) in [5.74, 6) is 0.935. The van der Waals surface area contributed by atoms with Gasteiger partial charge in [-0.3, -0.25) is 4.90 Å². The number of carbonyl (C=O) groups excluding carboxylic acids is 1. The van der Waals surface area contributed by atoms with Crippen LogP contribution in [-0.2, 0) is 20.3 Å². The number of nitrogens with one attached hydrogen (secondary N) is 1. The molecule has 0 spiro atoms. The molecule has 1 saturated heterocycles. The Bertz CT molecular complexity index is 1280. The van der Waals surface area contributed by atoms with Gasteiger partial charge in [-0.1, -0.05) is 18.2 Å². The van der Waals surface area contributed by atoms with Gasteiger partial charge in [0.2, 0.25) is 0 Å². The molecule has 1 atom stereocenters. The maximum atomic E-state index is 12.6. The molecule has 1 aliphatic heterocycles. The number of morpholine rings is 1. The van der Waals surface area contributed by atoms with Gasteiger partial charge in [-0.25, -0.2) is 23.2 Å². The second-order valence-electron chi connectivity index (χ2n) is 8.63. The monoisotopic (exact) mass is 495 g/mol. The lowest BCUT2D eigenvalue weighted by Gasteiger charge is -2.34. The molecule has 184 valence electrons. The second-order valence-corrected chi connectivity index (χ2v) is 10.8. The lowest BCUT2D eigenvalue weighted by atomic mass is 10.1. The normalized spacial score (nSPS) is 16.1. The summed E-state index contributed by atoms with van der Waals surface area (Å²) >= 11 is 0. The smallest absolute Gasteiger partial charge is 0.326 e. The van der Waals surface area contributed by atoms with Crippen LogP contribution in [0.4, 0.5) is 22.0 Å². The van der Waals surface area contributed by atoms with Crippen LogP contribution in [0.5, 0.6) is 0 Å². The van der Waals surface area contributed by atoms with Crippen molar-refractivity contribution in [2.45, 2.75) is 18.7 Å². The first kappa shape index (κ1) is 24.6. The van der Waals surface area contributed by atoms with Crippen molar-refractivity contribution in [3.05, 3.63) is 66.4 Å². The van der Waals surface area contributed by atoms with E-state index in [1.165, 1.54) is 11.2 Å². The number of sulfone groups is 1. The van der Waals surface area contributed by atoms with Crippen molar-refractivity contribution in [2.24, 2.45) is 0 Å². The lowest BCUT2D eigenvalue weighted by molar-refractivity contribution is 0.0985. The molecule has 35 heavy (non-hydrogen) atoms. The Morgan fingerprint density at radius 3 is 2.51 bits per heavy atom. The van der Waals surface area contributed by atoms with E-state index in [9.17, 15) is 13.2 Å². The molecular formula is C25H29N5O4S. The number of urea groups is 1. The van der Waals surface area contributed by atoms with Crippen LogP contribution < -0.4 is 15.1 Å². The Morgan fingerprint density at radius 1 is 1.14 bits per heavy atom. The van der Waals surface area contributed by atoms with Crippen LogP contribution in [0, 0.1) is 0 Å². The molecule has 0 unspecified atom stereocenters. The van der Waals surface area contributed by atoms with Crippen molar-refractivity contribution in [1.29, 1.82) is 0 Å². The summed E-state index contributed by atoms with van der Waals surface area (Å²) in [7, 11) is -1.59. The van der Waals surface area contributed by atoms with Crippen molar-refractivity contribution >= 4 is 33.1 Å². The molecule has 9 nitrogen and oxygen atoms in total. The highest BCUT2D eigenvalue weighted by molar-refractivity contribution is 7.89. The first-order valence-electron chi connectivity index (χ1n) is 11.3. The molecule has 4 rings (SSSR count). The van der Waals surface area contributed by atoms with E-state index in [1.54, 1.807) is 13.1 Å². The quantitative estimate of drug-likeness (QED) is 0.557. The minimum absolute atomic E-state index is 0.108.